The van der Waals surface area contributed by atoms with E-state index in [1.54, 1.807) is 0 Å². The average molecular weight is 264 g/mol. The molecule has 0 fully saturated rings. The molecule has 0 heteroatoms. The third-order valence-electron chi connectivity index (χ3n) is 4.56. The van der Waals surface area contributed by atoms with Crippen molar-refractivity contribution in [1.29, 1.82) is 0 Å². The number of rotatable bonds is 2. The molecule has 20 heavy (non-hydrogen) atoms. The third kappa shape index (κ3) is 2.08. The number of hydrogen-bond acceptors (Lipinski definition) is 0. The van der Waals surface area contributed by atoms with Crippen LogP contribution in [0.5, 0.6) is 0 Å². The van der Waals surface area contributed by atoms with Gasteiger partial charge in [-0.1, -0.05) is 63.6 Å². The first-order valence-electron chi connectivity index (χ1n) is 7.74. The van der Waals surface area contributed by atoms with Crippen LogP contribution in [0.3, 0.4) is 0 Å². The molecular formula is C20H24. The Bertz CT molecular complexity index is 649. The molecule has 0 nitrogen and oxygen atoms in total. The molecule has 0 aliphatic heterocycles. The summed E-state index contributed by atoms with van der Waals surface area (Å²) in [6, 6.07) is 4.80. The minimum Gasteiger partial charge on any atom is -0.0610 e. The lowest BCUT2D eigenvalue weighted by Crippen LogP contribution is -1.95. The predicted molar refractivity (Wildman–Crippen MR) is 88.8 cm³/mol. The Labute approximate surface area is 122 Å². The lowest BCUT2D eigenvalue weighted by Gasteiger charge is -2.12. The predicted octanol–water partition coefficient (Wildman–Crippen LogP) is 5.75. The standard InChI is InChI=1S/C20H24/c1-12(2)15-6-7-16-9-17(13(3)4)10-18-8-14(5)19(11-15)20(16)18/h6-7,9-13H,8H2,1-5H3. The summed E-state index contributed by atoms with van der Waals surface area (Å²) in [4.78, 5) is 0. The largest absolute Gasteiger partial charge is 0.0610 e. The van der Waals surface area contributed by atoms with E-state index in [-0.39, 0.29) is 0 Å². The summed E-state index contributed by atoms with van der Waals surface area (Å²) in [5.74, 6) is 1.17. The Morgan fingerprint density at radius 3 is 2.35 bits per heavy atom. The van der Waals surface area contributed by atoms with Crippen LogP contribution >= 0.6 is 0 Å². The highest BCUT2D eigenvalue weighted by molar-refractivity contribution is 5.90. The third-order valence-corrected chi connectivity index (χ3v) is 4.56. The van der Waals surface area contributed by atoms with Crippen molar-refractivity contribution in [1.82, 2.24) is 0 Å². The average Bonchev–Trinajstić information content (AvgIpc) is 2.58. The molecular weight excluding hydrogens is 240 g/mol. The summed E-state index contributed by atoms with van der Waals surface area (Å²) in [6.45, 7) is 11.4. The van der Waals surface area contributed by atoms with Gasteiger partial charge in [0.25, 0.3) is 0 Å². The second-order valence-corrected chi connectivity index (χ2v) is 6.80. The molecule has 1 aromatic rings. The van der Waals surface area contributed by atoms with Crippen LogP contribution < -0.4 is 0 Å². The van der Waals surface area contributed by atoms with Gasteiger partial charge in [-0.25, -0.2) is 0 Å². The van der Waals surface area contributed by atoms with Gasteiger partial charge in [0.05, 0.1) is 0 Å². The Morgan fingerprint density at radius 1 is 0.950 bits per heavy atom. The lowest BCUT2D eigenvalue weighted by atomic mass is 9.92. The molecule has 2 aliphatic rings. The molecule has 0 spiro atoms. The minimum absolute atomic E-state index is 0.578. The van der Waals surface area contributed by atoms with Crippen molar-refractivity contribution in [3.05, 3.63) is 57.7 Å². The molecule has 0 heterocycles. The topological polar surface area (TPSA) is 0 Å². The van der Waals surface area contributed by atoms with Crippen LogP contribution in [0.4, 0.5) is 0 Å². The van der Waals surface area contributed by atoms with Gasteiger partial charge in [-0.2, -0.15) is 0 Å². The first-order valence-corrected chi connectivity index (χ1v) is 7.74. The highest BCUT2D eigenvalue weighted by Crippen LogP contribution is 2.41. The molecule has 2 aliphatic carbocycles. The summed E-state index contributed by atoms with van der Waals surface area (Å²) in [7, 11) is 0. The van der Waals surface area contributed by atoms with Crippen LogP contribution in [0.2, 0.25) is 0 Å². The molecule has 0 unspecified atom stereocenters. The van der Waals surface area contributed by atoms with E-state index in [1.165, 1.54) is 39.0 Å². The van der Waals surface area contributed by atoms with E-state index in [1.807, 2.05) is 0 Å². The van der Waals surface area contributed by atoms with E-state index in [0.29, 0.717) is 11.8 Å². The van der Waals surface area contributed by atoms with Gasteiger partial charge in [-0.3, -0.25) is 0 Å². The fourth-order valence-corrected chi connectivity index (χ4v) is 3.23. The number of hydrogen-bond donors (Lipinski definition) is 0. The van der Waals surface area contributed by atoms with Crippen LogP contribution in [0.25, 0.3) is 11.6 Å². The van der Waals surface area contributed by atoms with Crippen molar-refractivity contribution in [3.8, 4) is 0 Å². The molecule has 0 bridgehead atoms. The highest BCUT2D eigenvalue weighted by atomic mass is 14.3. The molecule has 0 atom stereocenters. The van der Waals surface area contributed by atoms with Gasteiger partial charge in [0.15, 0.2) is 0 Å². The van der Waals surface area contributed by atoms with E-state index in [4.69, 9.17) is 0 Å². The first kappa shape index (κ1) is 13.4. The zero-order chi connectivity index (χ0) is 14.4. The van der Waals surface area contributed by atoms with Gasteiger partial charge in [0.1, 0.15) is 0 Å². The second-order valence-electron chi connectivity index (χ2n) is 6.80. The SMILES string of the molecule is CC1=C2C=C(C(C)C)C=Cc3cc(C(C)C)cc(c32)C1. The van der Waals surface area contributed by atoms with Crippen molar-refractivity contribution >= 4 is 11.6 Å². The Morgan fingerprint density at radius 2 is 1.70 bits per heavy atom. The van der Waals surface area contributed by atoms with Crippen LogP contribution in [-0.2, 0) is 6.42 Å². The van der Waals surface area contributed by atoms with Crippen molar-refractivity contribution < 1.29 is 0 Å². The second kappa shape index (κ2) is 4.77. The van der Waals surface area contributed by atoms with Crippen LogP contribution in [0.1, 0.15) is 62.8 Å². The van der Waals surface area contributed by atoms with Crippen LogP contribution in [-0.4, -0.2) is 0 Å². The Balaban J connectivity index is 2.22. The molecule has 104 valence electrons. The summed E-state index contributed by atoms with van der Waals surface area (Å²) in [6.07, 6.45) is 8.16. The summed E-state index contributed by atoms with van der Waals surface area (Å²) in [5, 5.41) is 0. The van der Waals surface area contributed by atoms with Gasteiger partial charge in [-0.15, -0.1) is 0 Å². The fourth-order valence-electron chi connectivity index (χ4n) is 3.23. The van der Waals surface area contributed by atoms with E-state index >= 15 is 0 Å². The lowest BCUT2D eigenvalue weighted by molar-refractivity contribution is 0.793. The molecule has 0 amide bonds. The molecule has 0 saturated heterocycles. The van der Waals surface area contributed by atoms with Gasteiger partial charge in [0.2, 0.25) is 0 Å². The van der Waals surface area contributed by atoms with Crippen LogP contribution in [0, 0.1) is 5.92 Å². The molecule has 3 rings (SSSR count). The molecule has 0 saturated carbocycles. The normalized spacial score (nSPS) is 16.9. The van der Waals surface area contributed by atoms with Crippen molar-refractivity contribution in [2.45, 2.75) is 47.0 Å². The van der Waals surface area contributed by atoms with E-state index in [9.17, 15) is 0 Å². The zero-order valence-corrected chi connectivity index (χ0v) is 13.2. The smallest absolute Gasteiger partial charge is 0.00542 e. The van der Waals surface area contributed by atoms with Gasteiger partial charge >= 0.3 is 0 Å². The maximum atomic E-state index is 2.42. The molecule has 0 aromatic heterocycles. The maximum absolute atomic E-state index is 2.42. The zero-order valence-electron chi connectivity index (χ0n) is 13.2. The van der Waals surface area contributed by atoms with E-state index in [2.05, 4.69) is 65.0 Å². The first-order chi connectivity index (χ1) is 9.47. The van der Waals surface area contributed by atoms with Gasteiger partial charge in [-0.05, 0) is 58.6 Å². The highest BCUT2D eigenvalue weighted by Gasteiger charge is 2.23. The summed E-state index contributed by atoms with van der Waals surface area (Å²) >= 11 is 0. The summed E-state index contributed by atoms with van der Waals surface area (Å²) in [5.41, 5.74) is 10.3. The number of benzene rings is 1. The monoisotopic (exact) mass is 264 g/mol. The molecule has 0 N–H and O–H groups in total. The Hall–Kier alpha value is -1.56. The summed E-state index contributed by atoms with van der Waals surface area (Å²) < 4.78 is 0. The van der Waals surface area contributed by atoms with E-state index in [0.717, 1.165) is 6.42 Å². The minimum atomic E-state index is 0.578. The van der Waals surface area contributed by atoms with Gasteiger partial charge < -0.3 is 0 Å². The van der Waals surface area contributed by atoms with Crippen LogP contribution in [0.15, 0.2) is 35.4 Å². The molecule has 1 aromatic carbocycles. The quantitative estimate of drug-likeness (QED) is 0.638. The fraction of sp³-hybridized carbons (Fsp3) is 0.400. The number of allylic oxidation sites excluding steroid dienone is 5. The molecule has 0 radical (unpaired) electrons. The van der Waals surface area contributed by atoms with Crippen molar-refractivity contribution in [3.63, 3.8) is 0 Å². The van der Waals surface area contributed by atoms with Crippen molar-refractivity contribution in [2.75, 3.05) is 0 Å². The van der Waals surface area contributed by atoms with Crippen molar-refractivity contribution in [2.24, 2.45) is 5.92 Å². The Kier molecular flexibility index (Phi) is 3.20. The van der Waals surface area contributed by atoms with Gasteiger partial charge in [0, 0.05) is 0 Å². The van der Waals surface area contributed by atoms with E-state index < -0.39 is 0 Å². The maximum Gasteiger partial charge on any atom is -0.00542 e.